The van der Waals surface area contributed by atoms with E-state index in [2.05, 4.69) is 65.7 Å². The van der Waals surface area contributed by atoms with E-state index in [1.165, 1.54) is 27.2 Å². The van der Waals surface area contributed by atoms with E-state index in [-0.39, 0.29) is 0 Å². The molecule has 0 radical (unpaired) electrons. The van der Waals surface area contributed by atoms with Crippen molar-refractivity contribution in [2.45, 2.75) is 0 Å². The van der Waals surface area contributed by atoms with Gasteiger partial charge < -0.3 is 9.72 Å². The second kappa shape index (κ2) is 6.01. The Morgan fingerprint density at radius 1 is 0.783 bits per heavy atom. The summed E-state index contributed by atoms with van der Waals surface area (Å²) in [6, 6.07) is 22.8. The predicted octanol–water partition coefficient (Wildman–Crippen LogP) is 5.41. The van der Waals surface area contributed by atoms with Crippen LogP contribution in [0, 0.1) is 0 Å². The van der Waals surface area contributed by atoms with Gasteiger partial charge in [0.25, 0.3) is 0 Å². The number of nitrogens with one attached hydrogen (secondary N) is 1. The molecule has 112 valence electrons. The predicted molar refractivity (Wildman–Crippen MR) is 96.8 cm³/mol. The largest absolute Gasteiger partial charge is 0.489 e. The third-order valence-electron chi connectivity index (χ3n) is 4.01. The van der Waals surface area contributed by atoms with Crippen LogP contribution in [-0.2, 0) is 0 Å². The molecule has 0 saturated carbocycles. The number of ether oxygens (including phenoxy) is 1. The van der Waals surface area contributed by atoms with Crippen LogP contribution in [0.2, 0.25) is 0 Å². The molecular formula is C21H17NO. The number of hydrogen-bond donors (Lipinski definition) is 1. The zero-order valence-corrected chi connectivity index (χ0v) is 12.7. The van der Waals surface area contributed by atoms with Crippen molar-refractivity contribution < 1.29 is 4.74 Å². The van der Waals surface area contributed by atoms with Gasteiger partial charge in [-0.05, 0) is 40.4 Å². The first kappa shape index (κ1) is 13.6. The number of aromatic amines is 1. The van der Waals surface area contributed by atoms with E-state index in [0.29, 0.717) is 6.61 Å². The fraction of sp³-hybridized carbons (Fsp3) is 0.0476. The van der Waals surface area contributed by atoms with Gasteiger partial charge in [0, 0.05) is 17.3 Å². The third kappa shape index (κ3) is 2.71. The number of aromatic nitrogens is 1. The summed E-state index contributed by atoms with van der Waals surface area (Å²) in [7, 11) is 0. The Hall–Kier alpha value is -3.00. The van der Waals surface area contributed by atoms with Crippen molar-refractivity contribution in [3.63, 3.8) is 0 Å². The quantitative estimate of drug-likeness (QED) is 0.461. The molecule has 1 aliphatic rings. The first-order valence-electron chi connectivity index (χ1n) is 7.75. The minimum Gasteiger partial charge on any atom is -0.489 e. The molecule has 0 aliphatic carbocycles. The molecule has 0 bridgehead atoms. The number of H-pyrrole nitrogens is 1. The van der Waals surface area contributed by atoms with Crippen LogP contribution in [0.25, 0.3) is 27.8 Å². The van der Waals surface area contributed by atoms with Gasteiger partial charge in [0.15, 0.2) is 0 Å². The minimum absolute atomic E-state index is 0.686. The SMILES string of the molecule is C1=Cc2c(ccc3ccccc23)OC1.c1ccc2[nH]ccc2c1. The fourth-order valence-corrected chi connectivity index (χ4v) is 2.87. The summed E-state index contributed by atoms with van der Waals surface area (Å²) in [5.74, 6) is 0.992. The molecule has 0 unspecified atom stereocenters. The van der Waals surface area contributed by atoms with Crippen molar-refractivity contribution in [2.75, 3.05) is 6.61 Å². The lowest BCUT2D eigenvalue weighted by molar-refractivity contribution is 0.359. The zero-order chi connectivity index (χ0) is 15.5. The number of para-hydroxylation sites is 1. The van der Waals surface area contributed by atoms with Crippen molar-refractivity contribution in [2.24, 2.45) is 0 Å². The molecule has 1 aliphatic heterocycles. The lowest BCUT2D eigenvalue weighted by Gasteiger charge is -2.14. The van der Waals surface area contributed by atoms with E-state index in [0.717, 1.165) is 5.75 Å². The highest BCUT2D eigenvalue weighted by atomic mass is 16.5. The second-order valence-corrected chi connectivity index (χ2v) is 5.48. The standard InChI is InChI=1S/C13H10O.C8H7N/c1-2-5-11-10(4-1)7-8-13-12(11)6-3-9-14-13;1-2-4-8-7(3-1)5-6-9-8/h1-8H,9H2;1-6,9H. The Labute approximate surface area is 135 Å². The van der Waals surface area contributed by atoms with Crippen LogP contribution in [0.4, 0.5) is 0 Å². The monoisotopic (exact) mass is 299 g/mol. The van der Waals surface area contributed by atoms with Crippen LogP contribution in [0.15, 0.2) is 79.0 Å². The summed E-state index contributed by atoms with van der Waals surface area (Å²) in [6.07, 6.45) is 6.14. The Kier molecular flexibility index (Phi) is 3.57. The summed E-state index contributed by atoms with van der Waals surface area (Å²) in [6.45, 7) is 0.686. The summed E-state index contributed by atoms with van der Waals surface area (Å²) in [4.78, 5) is 3.12. The van der Waals surface area contributed by atoms with Gasteiger partial charge in [-0.1, -0.05) is 54.6 Å². The maximum Gasteiger partial charge on any atom is 0.127 e. The molecule has 2 heteroatoms. The Morgan fingerprint density at radius 3 is 2.52 bits per heavy atom. The molecule has 0 amide bonds. The molecule has 4 aromatic rings. The molecule has 23 heavy (non-hydrogen) atoms. The van der Waals surface area contributed by atoms with Crippen LogP contribution in [0.3, 0.4) is 0 Å². The number of rotatable bonds is 0. The van der Waals surface area contributed by atoms with Gasteiger partial charge in [0.1, 0.15) is 12.4 Å². The van der Waals surface area contributed by atoms with Gasteiger partial charge in [-0.2, -0.15) is 0 Å². The van der Waals surface area contributed by atoms with E-state index < -0.39 is 0 Å². The number of hydrogen-bond acceptors (Lipinski definition) is 1. The van der Waals surface area contributed by atoms with Crippen molar-refractivity contribution in [1.82, 2.24) is 4.98 Å². The molecule has 5 rings (SSSR count). The molecule has 1 aromatic heterocycles. The van der Waals surface area contributed by atoms with Gasteiger partial charge in [-0.25, -0.2) is 0 Å². The van der Waals surface area contributed by atoms with Crippen LogP contribution < -0.4 is 4.74 Å². The molecule has 0 saturated heterocycles. The molecule has 3 aromatic carbocycles. The average molecular weight is 299 g/mol. The normalized spacial score (nSPS) is 12.3. The summed E-state index contributed by atoms with van der Waals surface area (Å²) >= 11 is 0. The Balaban J connectivity index is 0.000000130. The lowest BCUT2D eigenvalue weighted by Crippen LogP contribution is -2.00. The summed E-state index contributed by atoms with van der Waals surface area (Å²) in [5, 5.41) is 3.81. The van der Waals surface area contributed by atoms with Crippen LogP contribution >= 0.6 is 0 Å². The molecule has 1 N–H and O–H groups in total. The van der Waals surface area contributed by atoms with Crippen molar-refractivity contribution in [1.29, 1.82) is 0 Å². The minimum atomic E-state index is 0.686. The van der Waals surface area contributed by atoms with Gasteiger partial charge in [-0.15, -0.1) is 0 Å². The molecule has 0 fully saturated rings. The molecule has 2 nitrogen and oxygen atoms in total. The van der Waals surface area contributed by atoms with Gasteiger partial charge in [0.2, 0.25) is 0 Å². The Bertz CT molecular complexity index is 951. The lowest BCUT2D eigenvalue weighted by atomic mass is 10.0. The summed E-state index contributed by atoms with van der Waals surface area (Å²) < 4.78 is 5.54. The van der Waals surface area contributed by atoms with Crippen LogP contribution in [0.5, 0.6) is 5.75 Å². The molecular weight excluding hydrogens is 282 g/mol. The number of benzene rings is 3. The van der Waals surface area contributed by atoms with Crippen LogP contribution in [0.1, 0.15) is 5.56 Å². The summed E-state index contributed by atoms with van der Waals surface area (Å²) in [5.41, 5.74) is 2.41. The molecule has 0 atom stereocenters. The number of fused-ring (bicyclic) bond motifs is 4. The highest BCUT2D eigenvalue weighted by Gasteiger charge is 2.08. The van der Waals surface area contributed by atoms with Crippen molar-refractivity contribution in [3.05, 3.63) is 84.6 Å². The average Bonchev–Trinajstić information content (AvgIpc) is 3.11. The van der Waals surface area contributed by atoms with E-state index >= 15 is 0 Å². The zero-order valence-electron chi connectivity index (χ0n) is 12.7. The van der Waals surface area contributed by atoms with Crippen molar-refractivity contribution in [3.8, 4) is 5.75 Å². The maximum absolute atomic E-state index is 5.54. The highest BCUT2D eigenvalue weighted by Crippen LogP contribution is 2.31. The van der Waals surface area contributed by atoms with Crippen LogP contribution in [-0.4, -0.2) is 11.6 Å². The van der Waals surface area contributed by atoms with E-state index in [1.54, 1.807) is 0 Å². The van der Waals surface area contributed by atoms with E-state index in [9.17, 15) is 0 Å². The van der Waals surface area contributed by atoms with Gasteiger partial charge >= 0.3 is 0 Å². The topological polar surface area (TPSA) is 25.0 Å². The van der Waals surface area contributed by atoms with Gasteiger partial charge in [-0.3, -0.25) is 0 Å². The maximum atomic E-state index is 5.54. The molecule has 2 heterocycles. The second-order valence-electron chi connectivity index (χ2n) is 5.48. The van der Waals surface area contributed by atoms with E-state index in [1.807, 2.05) is 24.4 Å². The molecule has 0 spiro atoms. The first-order valence-corrected chi connectivity index (χ1v) is 7.75. The Morgan fingerprint density at radius 2 is 1.61 bits per heavy atom. The van der Waals surface area contributed by atoms with Crippen molar-refractivity contribution >= 4 is 27.8 Å². The third-order valence-corrected chi connectivity index (χ3v) is 4.01. The highest BCUT2D eigenvalue weighted by molar-refractivity contribution is 5.93. The first-order chi connectivity index (χ1) is 11.4. The van der Waals surface area contributed by atoms with Gasteiger partial charge in [0.05, 0.1) is 0 Å². The smallest absolute Gasteiger partial charge is 0.127 e. The van der Waals surface area contributed by atoms with E-state index in [4.69, 9.17) is 4.74 Å². The fourth-order valence-electron chi connectivity index (χ4n) is 2.87.